The fourth-order valence-corrected chi connectivity index (χ4v) is 3.75. The molecule has 0 unspecified atom stereocenters. The van der Waals surface area contributed by atoms with E-state index in [9.17, 15) is 8.42 Å². The van der Waals surface area contributed by atoms with Gasteiger partial charge in [-0.05, 0) is 32.1 Å². The molecular weight excluding hydrogens is 300 g/mol. The highest BCUT2D eigenvalue weighted by molar-refractivity contribution is 7.89. The molecule has 0 saturated heterocycles. The molecule has 0 radical (unpaired) electrons. The smallest absolute Gasteiger partial charge is 0.259 e. The highest BCUT2D eigenvalue weighted by Crippen LogP contribution is 2.28. The average molecular weight is 321 g/mol. The highest BCUT2D eigenvalue weighted by atomic mass is 35.5. The predicted octanol–water partition coefficient (Wildman–Crippen LogP) is 0.801. The Morgan fingerprint density at radius 3 is 2.70 bits per heavy atom. The number of nitrogens with one attached hydrogen (secondary N) is 1. The van der Waals surface area contributed by atoms with Crippen molar-refractivity contribution in [3.63, 3.8) is 0 Å². The summed E-state index contributed by atoms with van der Waals surface area (Å²) in [6, 6.07) is 0. The van der Waals surface area contributed by atoms with Crippen LogP contribution in [0, 0.1) is 0 Å². The van der Waals surface area contributed by atoms with E-state index in [0.717, 1.165) is 50.9 Å². The molecule has 1 aliphatic carbocycles. The molecule has 114 valence electrons. The first-order valence-corrected chi connectivity index (χ1v) is 8.32. The normalized spacial score (nSPS) is 20.6. The first-order valence-electron chi connectivity index (χ1n) is 6.83. The quantitative estimate of drug-likeness (QED) is 0.858. The number of rotatable bonds is 4. The van der Waals surface area contributed by atoms with E-state index in [0.29, 0.717) is 6.54 Å². The number of aromatic nitrogens is 2. The second kappa shape index (κ2) is 5.63. The van der Waals surface area contributed by atoms with Gasteiger partial charge >= 0.3 is 0 Å². The zero-order valence-corrected chi connectivity index (χ0v) is 13.0. The minimum Gasteiger partial charge on any atom is -0.333 e. The van der Waals surface area contributed by atoms with E-state index in [4.69, 9.17) is 5.73 Å². The number of nitrogens with zero attached hydrogens (tertiary/aromatic N) is 2. The van der Waals surface area contributed by atoms with Crippen LogP contribution >= 0.6 is 12.4 Å². The van der Waals surface area contributed by atoms with Crippen LogP contribution in [0.2, 0.25) is 0 Å². The van der Waals surface area contributed by atoms with Crippen LogP contribution in [0.25, 0.3) is 0 Å². The lowest BCUT2D eigenvalue weighted by Crippen LogP contribution is -2.54. The van der Waals surface area contributed by atoms with Crippen LogP contribution in [0.3, 0.4) is 0 Å². The van der Waals surface area contributed by atoms with Gasteiger partial charge in [0.05, 0.1) is 0 Å². The molecule has 1 aliphatic heterocycles. The Morgan fingerprint density at radius 1 is 1.35 bits per heavy atom. The fourth-order valence-electron chi connectivity index (χ4n) is 2.64. The Kier molecular flexibility index (Phi) is 4.44. The molecular formula is C12H21ClN4O2S. The van der Waals surface area contributed by atoms with Gasteiger partial charge in [-0.3, -0.25) is 0 Å². The number of halogens is 1. The Labute approximate surface area is 125 Å². The minimum absolute atomic E-state index is 0. The molecule has 2 aliphatic rings. The largest absolute Gasteiger partial charge is 0.333 e. The van der Waals surface area contributed by atoms with E-state index in [2.05, 4.69) is 9.71 Å². The summed E-state index contributed by atoms with van der Waals surface area (Å²) in [5.74, 6) is 0.873. The molecule has 0 bridgehead atoms. The Morgan fingerprint density at radius 2 is 2.10 bits per heavy atom. The van der Waals surface area contributed by atoms with Crippen LogP contribution in [0.15, 0.2) is 11.2 Å². The van der Waals surface area contributed by atoms with Gasteiger partial charge in [0.2, 0.25) is 0 Å². The van der Waals surface area contributed by atoms with Gasteiger partial charge in [0, 0.05) is 31.2 Å². The molecule has 3 rings (SSSR count). The third-order valence-corrected chi connectivity index (χ3v) is 5.40. The van der Waals surface area contributed by atoms with Gasteiger partial charge < -0.3 is 10.3 Å². The summed E-state index contributed by atoms with van der Waals surface area (Å²) in [7, 11) is -3.53. The maximum absolute atomic E-state index is 12.2. The van der Waals surface area contributed by atoms with Crippen molar-refractivity contribution in [2.75, 3.05) is 6.54 Å². The van der Waals surface area contributed by atoms with Crippen molar-refractivity contribution < 1.29 is 8.42 Å². The topological polar surface area (TPSA) is 90.0 Å². The van der Waals surface area contributed by atoms with Gasteiger partial charge in [-0.15, -0.1) is 12.4 Å². The molecule has 3 N–H and O–H groups in total. The van der Waals surface area contributed by atoms with Gasteiger partial charge in [-0.25, -0.2) is 18.1 Å². The monoisotopic (exact) mass is 320 g/mol. The maximum Gasteiger partial charge on any atom is 0.259 e. The first kappa shape index (κ1) is 15.8. The number of imidazole rings is 1. The van der Waals surface area contributed by atoms with Gasteiger partial charge in [-0.1, -0.05) is 0 Å². The van der Waals surface area contributed by atoms with E-state index in [1.54, 1.807) is 6.20 Å². The molecule has 0 aromatic carbocycles. The summed E-state index contributed by atoms with van der Waals surface area (Å²) in [5, 5.41) is 0.132. The van der Waals surface area contributed by atoms with E-state index in [1.807, 2.05) is 4.57 Å². The number of aryl methyl sites for hydroxylation is 2. The number of hydrogen-bond acceptors (Lipinski definition) is 4. The number of nitrogens with two attached hydrogens (primary N) is 1. The van der Waals surface area contributed by atoms with Crippen molar-refractivity contribution in [1.82, 2.24) is 14.3 Å². The molecule has 1 aromatic rings. The number of sulfonamides is 1. The summed E-state index contributed by atoms with van der Waals surface area (Å²) >= 11 is 0. The number of fused-ring (bicyclic) bond motifs is 1. The zero-order chi connectivity index (χ0) is 13.5. The lowest BCUT2D eigenvalue weighted by atomic mass is 9.78. The first-order chi connectivity index (χ1) is 8.99. The van der Waals surface area contributed by atoms with Gasteiger partial charge in [0.25, 0.3) is 10.0 Å². The molecule has 1 aromatic heterocycles. The van der Waals surface area contributed by atoms with Crippen molar-refractivity contribution in [1.29, 1.82) is 0 Å². The standard InChI is InChI=1S/C12H20N4O2S.ClH/c13-12(5-3-6-12)9-14-19(17,18)11-8-16-7-2-1-4-10(16)15-11;/h8,14H,1-7,9,13H2;1H. The number of hydrogen-bond donors (Lipinski definition) is 2. The molecule has 1 fully saturated rings. The fraction of sp³-hybridized carbons (Fsp3) is 0.750. The summed E-state index contributed by atoms with van der Waals surface area (Å²) < 4.78 is 28.9. The summed E-state index contributed by atoms with van der Waals surface area (Å²) in [4.78, 5) is 4.24. The van der Waals surface area contributed by atoms with Crippen LogP contribution in [-0.4, -0.2) is 30.1 Å². The zero-order valence-electron chi connectivity index (χ0n) is 11.3. The van der Waals surface area contributed by atoms with E-state index in [-0.39, 0.29) is 23.0 Å². The third-order valence-electron chi connectivity index (χ3n) is 4.13. The average Bonchev–Trinajstić information content (AvgIpc) is 2.79. The Hall–Kier alpha value is -0.630. The van der Waals surface area contributed by atoms with Crippen molar-refractivity contribution in [2.24, 2.45) is 5.73 Å². The molecule has 1 saturated carbocycles. The van der Waals surface area contributed by atoms with Crippen molar-refractivity contribution in [3.8, 4) is 0 Å². The molecule has 0 amide bonds. The lowest BCUT2D eigenvalue weighted by molar-refractivity contribution is 0.251. The van der Waals surface area contributed by atoms with Gasteiger partial charge in [-0.2, -0.15) is 0 Å². The van der Waals surface area contributed by atoms with Gasteiger partial charge in [0.1, 0.15) is 5.82 Å². The van der Waals surface area contributed by atoms with Crippen LogP contribution in [0.5, 0.6) is 0 Å². The molecule has 20 heavy (non-hydrogen) atoms. The maximum atomic E-state index is 12.2. The molecule has 0 spiro atoms. The second-order valence-corrected chi connectivity index (χ2v) is 7.40. The lowest BCUT2D eigenvalue weighted by Gasteiger charge is -2.37. The summed E-state index contributed by atoms with van der Waals surface area (Å²) in [6.07, 6.45) is 7.51. The Balaban J connectivity index is 0.00000147. The third kappa shape index (κ3) is 3.00. The van der Waals surface area contributed by atoms with E-state index < -0.39 is 10.0 Å². The van der Waals surface area contributed by atoms with Crippen molar-refractivity contribution in [3.05, 3.63) is 12.0 Å². The van der Waals surface area contributed by atoms with Crippen molar-refractivity contribution >= 4 is 22.4 Å². The molecule has 2 heterocycles. The van der Waals surface area contributed by atoms with Crippen LogP contribution in [-0.2, 0) is 23.0 Å². The van der Waals surface area contributed by atoms with Crippen LogP contribution < -0.4 is 10.5 Å². The van der Waals surface area contributed by atoms with Gasteiger partial charge in [0.15, 0.2) is 5.03 Å². The highest BCUT2D eigenvalue weighted by Gasteiger charge is 2.34. The van der Waals surface area contributed by atoms with Crippen molar-refractivity contribution in [2.45, 2.75) is 55.6 Å². The second-order valence-electron chi connectivity index (χ2n) is 5.69. The molecule has 6 nitrogen and oxygen atoms in total. The van der Waals surface area contributed by atoms with E-state index in [1.165, 1.54) is 0 Å². The predicted molar refractivity (Wildman–Crippen MR) is 78.4 cm³/mol. The molecule has 8 heteroatoms. The van der Waals surface area contributed by atoms with Crippen LogP contribution in [0.1, 0.15) is 37.9 Å². The van der Waals surface area contributed by atoms with Crippen LogP contribution in [0.4, 0.5) is 0 Å². The summed E-state index contributed by atoms with van der Waals surface area (Å²) in [5.41, 5.74) is 5.68. The van der Waals surface area contributed by atoms with E-state index >= 15 is 0 Å². The Bertz CT molecular complexity index is 557. The SMILES string of the molecule is Cl.NC1(CNS(=O)(=O)c2cn3c(n2)CCCC3)CCC1. The minimum atomic E-state index is -3.53. The summed E-state index contributed by atoms with van der Waals surface area (Å²) in [6.45, 7) is 1.16. The molecule has 0 atom stereocenters.